The van der Waals surface area contributed by atoms with Crippen LogP contribution in [0.15, 0.2) is 36.4 Å². The van der Waals surface area contributed by atoms with E-state index in [1.54, 1.807) is 23.7 Å². The number of alkyl halides is 5. The summed E-state index contributed by atoms with van der Waals surface area (Å²) in [5.74, 6) is -5.75. The highest BCUT2D eigenvalue weighted by Crippen LogP contribution is 2.48. The molecule has 2 amide bonds. The maximum atomic E-state index is 14.4. The average Bonchev–Trinajstić information content (AvgIpc) is 3.58. The molecule has 18 heteroatoms. The quantitative estimate of drug-likeness (QED) is 0.309. The van der Waals surface area contributed by atoms with E-state index in [0.717, 1.165) is 37.6 Å². The summed E-state index contributed by atoms with van der Waals surface area (Å²) in [6, 6.07) is 7.66. The zero-order valence-corrected chi connectivity index (χ0v) is 28.1. The van der Waals surface area contributed by atoms with Crippen LogP contribution in [0.2, 0.25) is 0 Å². The van der Waals surface area contributed by atoms with Crippen molar-refractivity contribution in [1.29, 1.82) is 0 Å². The van der Waals surface area contributed by atoms with E-state index in [1.807, 2.05) is 28.8 Å². The fourth-order valence-electron chi connectivity index (χ4n) is 6.30. The van der Waals surface area contributed by atoms with Gasteiger partial charge in [-0.25, -0.2) is 13.2 Å². The first-order chi connectivity index (χ1) is 22.9. The Kier molecular flexibility index (Phi) is 10.0. The van der Waals surface area contributed by atoms with E-state index in [0.29, 0.717) is 50.4 Å². The Bertz CT molecular complexity index is 1840. The number of amides is 2. The first-order valence-electron chi connectivity index (χ1n) is 15.3. The van der Waals surface area contributed by atoms with E-state index in [4.69, 9.17) is 9.47 Å². The molecular weight excluding hydrogens is 679 g/mol. The van der Waals surface area contributed by atoms with Gasteiger partial charge in [0.15, 0.2) is 5.75 Å². The van der Waals surface area contributed by atoms with Crippen molar-refractivity contribution in [2.45, 2.75) is 37.5 Å². The van der Waals surface area contributed by atoms with Gasteiger partial charge in [-0.2, -0.15) is 22.0 Å². The molecular formula is C31H37F5N6O6S. The number of hydrogen-bond acceptors (Lipinski definition) is 8. The molecule has 3 heterocycles. The molecule has 2 fully saturated rings. The second-order valence-corrected chi connectivity index (χ2v) is 14.0. The molecule has 2 aromatic carbocycles. The third kappa shape index (κ3) is 7.70. The summed E-state index contributed by atoms with van der Waals surface area (Å²) in [5, 5.41) is 2.82. The van der Waals surface area contributed by atoms with Crippen molar-refractivity contribution in [2.75, 3.05) is 63.2 Å². The van der Waals surface area contributed by atoms with Crippen molar-refractivity contribution in [2.24, 2.45) is 7.05 Å². The summed E-state index contributed by atoms with van der Waals surface area (Å²) < 4.78 is 106. The highest BCUT2D eigenvalue weighted by atomic mass is 32.2. The van der Waals surface area contributed by atoms with Crippen molar-refractivity contribution >= 4 is 44.3 Å². The van der Waals surface area contributed by atoms with Crippen LogP contribution in [0.5, 0.6) is 11.6 Å². The largest absolute Gasteiger partial charge is 0.492 e. The Morgan fingerprint density at radius 3 is 2.24 bits per heavy atom. The number of benzene rings is 2. The summed E-state index contributed by atoms with van der Waals surface area (Å²) in [6.45, 7) is 3.98. The lowest BCUT2D eigenvalue weighted by Crippen LogP contribution is -2.52. The summed E-state index contributed by atoms with van der Waals surface area (Å²) in [4.78, 5) is 32.3. The number of aromatic nitrogens is 1. The van der Waals surface area contributed by atoms with E-state index in [9.17, 15) is 40.0 Å². The fraction of sp³-hybridized carbons (Fsp3) is 0.484. The minimum absolute atomic E-state index is 0.0290. The molecule has 49 heavy (non-hydrogen) atoms. The van der Waals surface area contributed by atoms with Gasteiger partial charge in [0.1, 0.15) is 0 Å². The van der Waals surface area contributed by atoms with Crippen LogP contribution >= 0.6 is 0 Å². The van der Waals surface area contributed by atoms with Crippen LogP contribution < -0.4 is 19.5 Å². The molecule has 2 saturated heterocycles. The average molecular weight is 717 g/mol. The first kappa shape index (κ1) is 36.1. The molecule has 0 spiro atoms. The van der Waals surface area contributed by atoms with E-state index in [-0.39, 0.29) is 23.9 Å². The van der Waals surface area contributed by atoms with Crippen molar-refractivity contribution in [3.63, 3.8) is 0 Å². The number of nitrogens with zero attached hydrogens (tertiary/aromatic N) is 4. The van der Waals surface area contributed by atoms with E-state index in [1.165, 1.54) is 0 Å². The van der Waals surface area contributed by atoms with Crippen molar-refractivity contribution < 1.29 is 49.4 Å². The van der Waals surface area contributed by atoms with E-state index < -0.39 is 50.9 Å². The van der Waals surface area contributed by atoms with Gasteiger partial charge in [-0.3, -0.25) is 24.6 Å². The highest BCUT2D eigenvalue weighted by Gasteiger charge is 2.59. The maximum absolute atomic E-state index is 14.4. The number of nitrogens with one attached hydrogen (secondary N) is 2. The maximum Gasteiger partial charge on any atom is 0.458 e. The monoisotopic (exact) mass is 716 g/mol. The molecule has 0 radical (unpaired) electrons. The number of aryl methyl sites for hydroxylation is 1. The molecule has 5 rings (SSSR count). The Balaban J connectivity index is 1.34. The highest BCUT2D eigenvalue weighted by molar-refractivity contribution is 7.92. The summed E-state index contributed by atoms with van der Waals surface area (Å²) in [6.07, 6.45) is -4.76. The number of ether oxygens (including phenoxy) is 2. The smallest absolute Gasteiger partial charge is 0.458 e. The number of halogens is 5. The zero-order chi connectivity index (χ0) is 35.9. The summed E-state index contributed by atoms with van der Waals surface area (Å²) in [5.41, 5.74) is -1.46. The number of methoxy groups -OCH3 is 1. The molecule has 0 unspecified atom stereocenters. The lowest BCUT2D eigenvalue weighted by atomic mass is 10.1. The van der Waals surface area contributed by atoms with Crippen LogP contribution in [0, 0.1) is 0 Å². The summed E-state index contributed by atoms with van der Waals surface area (Å²) >= 11 is 0. The van der Waals surface area contributed by atoms with Gasteiger partial charge >= 0.3 is 18.2 Å². The number of rotatable bonds is 9. The zero-order valence-electron chi connectivity index (χ0n) is 27.2. The van der Waals surface area contributed by atoms with E-state index in [2.05, 4.69) is 15.1 Å². The number of likely N-dealkylation sites (N-methyl/N-ethyl adjacent to an activating group) is 1. The van der Waals surface area contributed by atoms with Gasteiger partial charge in [-0.05, 0) is 44.1 Å². The van der Waals surface area contributed by atoms with Gasteiger partial charge < -0.3 is 18.9 Å². The molecule has 0 saturated carbocycles. The van der Waals surface area contributed by atoms with Crippen LogP contribution in [-0.2, 0) is 34.3 Å². The predicted octanol–water partition coefficient (Wildman–Crippen LogP) is 4.56. The van der Waals surface area contributed by atoms with Crippen molar-refractivity contribution in [3.8, 4) is 11.6 Å². The molecule has 3 aromatic rings. The third-order valence-corrected chi connectivity index (χ3v) is 9.31. The normalized spacial score (nSPS) is 18.1. The second-order valence-electron chi connectivity index (χ2n) is 12.2. The van der Waals surface area contributed by atoms with E-state index >= 15 is 0 Å². The lowest BCUT2D eigenvalue weighted by Gasteiger charge is -2.37. The van der Waals surface area contributed by atoms with Crippen LogP contribution in [0.25, 0.3) is 10.9 Å². The van der Waals surface area contributed by atoms with Crippen LogP contribution in [0.3, 0.4) is 0 Å². The van der Waals surface area contributed by atoms with Gasteiger partial charge in [-0.15, -0.1) is 0 Å². The van der Waals surface area contributed by atoms with Crippen LogP contribution in [0.1, 0.15) is 24.0 Å². The van der Waals surface area contributed by atoms with Crippen molar-refractivity contribution in [3.05, 3.63) is 47.5 Å². The van der Waals surface area contributed by atoms with Gasteiger partial charge in [0, 0.05) is 56.8 Å². The SMILES string of the molecule is COc1c(NC(=O)Oc2cc3cccc(CN4CCN(C(=O)[C@@H]5CCCN5C)CC4)c3n2C)cc(C(F)(F)C(F)(F)F)cc1NS(C)(=O)=O. The Labute approximate surface area is 279 Å². The molecule has 1 atom stereocenters. The number of carbonyl (C=O) groups is 2. The van der Waals surface area contributed by atoms with Crippen molar-refractivity contribution in [1.82, 2.24) is 19.3 Å². The first-order valence-corrected chi connectivity index (χ1v) is 17.2. The Morgan fingerprint density at radius 2 is 1.65 bits per heavy atom. The molecule has 12 nitrogen and oxygen atoms in total. The molecule has 0 aliphatic carbocycles. The molecule has 2 aliphatic rings. The lowest BCUT2D eigenvalue weighted by molar-refractivity contribution is -0.289. The number of fused-ring (bicyclic) bond motifs is 1. The molecule has 2 N–H and O–H groups in total. The molecule has 2 aliphatic heterocycles. The number of likely N-dealkylation sites (tertiary alicyclic amines) is 1. The fourth-order valence-corrected chi connectivity index (χ4v) is 6.85. The number of piperazine rings is 1. The van der Waals surface area contributed by atoms with Gasteiger partial charge in [-0.1, -0.05) is 18.2 Å². The van der Waals surface area contributed by atoms with Gasteiger partial charge in [0.25, 0.3) is 0 Å². The number of sulfonamides is 1. The number of para-hydroxylation sites is 1. The van der Waals surface area contributed by atoms with Crippen LogP contribution in [-0.4, -0.2) is 105 Å². The third-order valence-electron chi connectivity index (χ3n) is 8.72. The van der Waals surface area contributed by atoms with Crippen LogP contribution in [0.4, 0.5) is 38.1 Å². The predicted molar refractivity (Wildman–Crippen MR) is 171 cm³/mol. The summed E-state index contributed by atoms with van der Waals surface area (Å²) in [7, 11) is 0.448. The number of hydrogen-bond donors (Lipinski definition) is 2. The minimum Gasteiger partial charge on any atom is -0.492 e. The minimum atomic E-state index is -6.03. The molecule has 0 bridgehead atoms. The second kappa shape index (κ2) is 13.6. The molecule has 268 valence electrons. The topological polar surface area (TPSA) is 125 Å². The Morgan fingerprint density at radius 1 is 0.980 bits per heavy atom. The van der Waals surface area contributed by atoms with Gasteiger partial charge in [0.2, 0.25) is 21.8 Å². The number of anilines is 2. The standard InChI is InChI=1S/C31H37F5N6O6S/c1-39-10-6-9-24(39)28(43)42-13-11-41(12-14-42)18-20-8-5-7-19-15-25(40(2)26(19)20)48-29(44)37-22-16-21(30(32,33)31(34,35)36)17-23(27(22)47-3)38-49(4,45)46/h5,7-8,15-17,24,38H,6,9-14,18H2,1-4H3,(H,37,44)/t24-/m0/s1. The van der Waals surface area contributed by atoms with Gasteiger partial charge in [0.05, 0.1) is 36.3 Å². The Hall–Kier alpha value is -4.16. The molecule has 1 aromatic heterocycles. The number of carbonyl (C=O) groups excluding carboxylic acids is 2.